The topological polar surface area (TPSA) is 80.2 Å². The number of hydrogen-bond acceptors (Lipinski definition) is 5. The number of methoxy groups -OCH3 is 2. The highest BCUT2D eigenvalue weighted by Crippen LogP contribution is 2.22. The van der Waals surface area contributed by atoms with E-state index in [0.29, 0.717) is 22.8 Å². The van der Waals surface area contributed by atoms with Crippen LogP contribution in [0.5, 0.6) is 11.5 Å². The van der Waals surface area contributed by atoms with Crippen LogP contribution >= 0.6 is 0 Å². The van der Waals surface area contributed by atoms with Crippen LogP contribution in [0.4, 0.5) is 0 Å². The Morgan fingerprint density at radius 1 is 1.08 bits per heavy atom. The Labute approximate surface area is 148 Å². The molecule has 0 spiro atoms. The third-order valence-electron chi connectivity index (χ3n) is 4.08. The van der Waals surface area contributed by atoms with Gasteiger partial charge in [0, 0.05) is 30.4 Å². The van der Waals surface area contributed by atoms with Crippen LogP contribution in [0.15, 0.2) is 23.3 Å². The summed E-state index contributed by atoms with van der Waals surface area (Å²) in [5.74, 6) is 0.705. The second-order valence-corrected chi connectivity index (χ2v) is 6.01. The van der Waals surface area contributed by atoms with E-state index in [1.54, 1.807) is 25.1 Å². The van der Waals surface area contributed by atoms with Gasteiger partial charge in [-0.3, -0.25) is 9.59 Å². The van der Waals surface area contributed by atoms with Gasteiger partial charge in [0.15, 0.2) is 0 Å². The molecule has 0 bridgehead atoms. The van der Waals surface area contributed by atoms with E-state index < -0.39 is 0 Å². The molecule has 1 fully saturated rings. The number of rotatable bonds is 6. The van der Waals surface area contributed by atoms with Crippen LogP contribution in [0.3, 0.4) is 0 Å². The second kappa shape index (κ2) is 9.05. The summed E-state index contributed by atoms with van der Waals surface area (Å²) in [6.45, 7) is 3.35. The zero-order chi connectivity index (χ0) is 18.2. The Balaban J connectivity index is 1.95. The van der Waals surface area contributed by atoms with Gasteiger partial charge in [-0.15, -0.1) is 0 Å². The summed E-state index contributed by atoms with van der Waals surface area (Å²) in [6, 6.07) is 4.88. The number of hydrazone groups is 1. The van der Waals surface area contributed by atoms with E-state index in [9.17, 15) is 9.59 Å². The molecule has 1 aromatic rings. The van der Waals surface area contributed by atoms with Gasteiger partial charge >= 0.3 is 0 Å². The van der Waals surface area contributed by atoms with Crippen molar-refractivity contribution in [1.82, 2.24) is 10.3 Å². The molecule has 1 aliphatic rings. The van der Waals surface area contributed by atoms with Crippen LogP contribution in [0.2, 0.25) is 0 Å². The number of carbonyl (C=O) groups is 2. The van der Waals surface area contributed by atoms with Crippen molar-refractivity contribution in [3.63, 3.8) is 0 Å². The molecule has 25 heavy (non-hydrogen) atoms. The lowest BCUT2D eigenvalue weighted by atomic mass is 10.1. The average molecular weight is 347 g/mol. The highest BCUT2D eigenvalue weighted by Gasteiger charge is 2.17. The molecule has 2 rings (SSSR count). The first-order chi connectivity index (χ1) is 12.0. The smallest absolute Gasteiger partial charge is 0.271 e. The lowest BCUT2D eigenvalue weighted by Crippen LogP contribution is -2.36. The van der Waals surface area contributed by atoms with Gasteiger partial charge in [0.25, 0.3) is 5.91 Å². The summed E-state index contributed by atoms with van der Waals surface area (Å²) in [6.07, 6.45) is 3.49. The molecule has 1 aromatic carbocycles. The third-order valence-corrected chi connectivity index (χ3v) is 4.08. The molecule has 0 aliphatic carbocycles. The quantitative estimate of drug-likeness (QED) is 0.632. The van der Waals surface area contributed by atoms with Gasteiger partial charge in [-0.05, 0) is 38.3 Å². The van der Waals surface area contributed by atoms with Crippen molar-refractivity contribution in [2.24, 2.45) is 5.10 Å². The molecule has 1 heterocycles. The van der Waals surface area contributed by atoms with E-state index in [4.69, 9.17) is 9.47 Å². The van der Waals surface area contributed by atoms with Crippen LogP contribution in [-0.4, -0.2) is 49.7 Å². The zero-order valence-electron chi connectivity index (χ0n) is 15.0. The monoisotopic (exact) mass is 347 g/mol. The third kappa shape index (κ3) is 5.48. The van der Waals surface area contributed by atoms with E-state index in [1.807, 2.05) is 4.90 Å². The molecule has 1 aliphatic heterocycles. The summed E-state index contributed by atoms with van der Waals surface area (Å²) in [7, 11) is 3.04. The predicted octanol–water partition coefficient (Wildman–Crippen LogP) is 2.21. The SMILES string of the molecule is COc1cc(OC)cc(C(=O)NN=C(C)CC(=O)N2CCCCC2)c1. The lowest BCUT2D eigenvalue weighted by Gasteiger charge is -2.26. The van der Waals surface area contributed by atoms with Gasteiger partial charge < -0.3 is 14.4 Å². The average Bonchev–Trinajstić information content (AvgIpc) is 2.66. The Hall–Kier alpha value is -2.57. The van der Waals surface area contributed by atoms with Crippen LogP contribution in [0.1, 0.15) is 43.0 Å². The fraction of sp³-hybridized carbons (Fsp3) is 0.500. The van der Waals surface area contributed by atoms with Gasteiger partial charge in [-0.1, -0.05) is 0 Å². The molecule has 2 amide bonds. The summed E-state index contributed by atoms with van der Waals surface area (Å²) < 4.78 is 10.3. The van der Waals surface area contributed by atoms with Gasteiger partial charge in [-0.25, -0.2) is 5.43 Å². The predicted molar refractivity (Wildman–Crippen MR) is 95.2 cm³/mol. The summed E-state index contributed by atoms with van der Waals surface area (Å²) in [4.78, 5) is 26.3. The largest absolute Gasteiger partial charge is 0.497 e. The molecule has 0 saturated carbocycles. The van der Waals surface area contributed by atoms with Crippen molar-refractivity contribution >= 4 is 17.5 Å². The number of benzene rings is 1. The zero-order valence-corrected chi connectivity index (χ0v) is 15.0. The molecule has 136 valence electrons. The number of nitrogens with one attached hydrogen (secondary N) is 1. The minimum absolute atomic E-state index is 0.0539. The summed E-state index contributed by atoms with van der Waals surface area (Å²) in [5.41, 5.74) is 3.42. The summed E-state index contributed by atoms with van der Waals surface area (Å²) >= 11 is 0. The molecule has 0 atom stereocenters. The maximum Gasteiger partial charge on any atom is 0.271 e. The van der Waals surface area contributed by atoms with Gasteiger partial charge in [0.2, 0.25) is 5.91 Å². The van der Waals surface area contributed by atoms with E-state index in [0.717, 1.165) is 25.9 Å². The molecule has 1 saturated heterocycles. The van der Waals surface area contributed by atoms with Crippen LogP contribution < -0.4 is 14.9 Å². The van der Waals surface area contributed by atoms with Gasteiger partial charge in [0.1, 0.15) is 11.5 Å². The maximum absolute atomic E-state index is 12.2. The van der Waals surface area contributed by atoms with Crippen molar-refractivity contribution < 1.29 is 19.1 Å². The van der Waals surface area contributed by atoms with Crippen molar-refractivity contribution in [3.05, 3.63) is 23.8 Å². The number of carbonyl (C=O) groups excluding carboxylic acids is 2. The number of nitrogens with zero attached hydrogens (tertiary/aromatic N) is 2. The normalized spacial score (nSPS) is 14.8. The fourth-order valence-corrected chi connectivity index (χ4v) is 2.66. The number of amides is 2. The Morgan fingerprint density at radius 2 is 1.68 bits per heavy atom. The maximum atomic E-state index is 12.2. The summed E-state index contributed by atoms with van der Waals surface area (Å²) in [5, 5.41) is 4.03. The Bertz CT molecular complexity index is 629. The minimum atomic E-state index is -0.387. The Kier molecular flexibility index (Phi) is 6.80. The highest BCUT2D eigenvalue weighted by molar-refractivity contribution is 6.01. The van der Waals surface area contributed by atoms with E-state index in [-0.39, 0.29) is 18.2 Å². The van der Waals surface area contributed by atoms with Gasteiger partial charge in [0.05, 0.1) is 20.6 Å². The van der Waals surface area contributed by atoms with E-state index >= 15 is 0 Å². The molecular formula is C18H25N3O4. The van der Waals surface area contributed by atoms with Crippen LogP contribution in [0.25, 0.3) is 0 Å². The molecule has 0 aromatic heterocycles. The second-order valence-electron chi connectivity index (χ2n) is 6.01. The van der Waals surface area contributed by atoms with Crippen LogP contribution in [0, 0.1) is 0 Å². The van der Waals surface area contributed by atoms with Crippen LogP contribution in [-0.2, 0) is 4.79 Å². The number of ether oxygens (including phenoxy) is 2. The van der Waals surface area contributed by atoms with Crippen molar-refractivity contribution in [2.45, 2.75) is 32.6 Å². The number of likely N-dealkylation sites (tertiary alicyclic amines) is 1. The first kappa shape index (κ1) is 18.8. The fourth-order valence-electron chi connectivity index (χ4n) is 2.66. The molecule has 7 nitrogen and oxygen atoms in total. The molecule has 0 unspecified atom stereocenters. The molecule has 7 heteroatoms. The molecular weight excluding hydrogens is 322 g/mol. The van der Waals surface area contributed by atoms with Gasteiger partial charge in [-0.2, -0.15) is 5.10 Å². The van der Waals surface area contributed by atoms with Crippen molar-refractivity contribution in [3.8, 4) is 11.5 Å². The highest BCUT2D eigenvalue weighted by atomic mass is 16.5. The first-order valence-corrected chi connectivity index (χ1v) is 8.38. The Morgan fingerprint density at radius 3 is 2.24 bits per heavy atom. The standard InChI is InChI=1S/C18H25N3O4/c1-13(9-17(22)21-7-5-4-6-8-21)19-20-18(23)14-10-15(24-2)12-16(11-14)25-3/h10-12H,4-9H2,1-3H3,(H,20,23). The minimum Gasteiger partial charge on any atom is -0.497 e. The van der Waals surface area contributed by atoms with Crippen molar-refractivity contribution in [1.29, 1.82) is 0 Å². The van der Waals surface area contributed by atoms with Crippen molar-refractivity contribution in [2.75, 3.05) is 27.3 Å². The number of hydrogen-bond donors (Lipinski definition) is 1. The molecule has 0 radical (unpaired) electrons. The van der Waals surface area contributed by atoms with E-state index in [1.165, 1.54) is 20.6 Å². The lowest BCUT2D eigenvalue weighted by molar-refractivity contribution is -0.130. The number of piperidine rings is 1. The molecule has 1 N–H and O–H groups in total. The van der Waals surface area contributed by atoms with E-state index in [2.05, 4.69) is 10.5 Å². The first-order valence-electron chi connectivity index (χ1n) is 8.38.